The molecule has 758 valence electrons. The molecule has 23 rings (SSSR count). The van der Waals surface area contributed by atoms with E-state index in [1.54, 1.807) is 5.56 Å². The lowest BCUT2D eigenvalue weighted by molar-refractivity contribution is -0.144. The van der Waals surface area contributed by atoms with Gasteiger partial charge in [-0.05, 0) is 358 Å². The average molecular weight is 2020 g/mol. The summed E-state index contributed by atoms with van der Waals surface area (Å²) in [6.07, 6.45) is 25.9. The van der Waals surface area contributed by atoms with E-state index in [2.05, 4.69) is 251 Å². The van der Waals surface area contributed by atoms with Crippen molar-refractivity contribution in [2.45, 2.75) is 291 Å². The van der Waals surface area contributed by atoms with Crippen molar-refractivity contribution in [3.8, 4) is 21.9 Å². The SMILES string of the molecule is C=C(C)C1C(c2ccc(Cl)cc2)CC2CCC1N2C.CN1C2CCC1C(C(=O)N1CCCCOCC1)C(c1ccc(Cl)cc1)C2.CN1C2CCC1C(c1ncc(-c3ccccc3)s1)C(c1ccc(Cl)cc1)C2.Cc1ccc(C2CC3CCC(C2C(=O)Oc2cccc(C)c2)N3C)cc1.Cc1ccc(C2CC3CCC(C2C(C)C)N3C)cc1.Cc1ccc(OC(=O)C2C(c3ccc(Cl)cc3)CC3CCC2N3C)cc1. The highest BCUT2D eigenvalue weighted by atomic mass is 35.5. The summed E-state index contributed by atoms with van der Waals surface area (Å²) in [6, 6.07) is 84.1. The lowest BCUT2D eigenvalue weighted by Gasteiger charge is -2.45. The molecule has 24 atom stereocenters. The van der Waals surface area contributed by atoms with Gasteiger partial charge in [-0.3, -0.25) is 38.9 Å². The van der Waals surface area contributed by atoms with Gasteiger partial charge in [-0.25, -0.2) is 4.98 Å². The minimum absolute atomic E-state index is 0.0411. The van der Waals surface area contributed by atoms with E-state index in [0.717, 1.165) is 145 Å². The van der Waals surface area contributed by atoms with Crippen molar-refractivity contribution in [3.63, 3.8) is 0 Å². The summed E-state index contributed by atoms with van der Waals surface area (Å²) >= 11 is 26.2. The number of esters is 2. The number of rotatable bonds is 15. The molecule has 0 spiro atoms. The van der Waals surface area contributed by atoms with E-state index < -0.39 is 0 Å². The molecular weight excluding hydrogens is 1870 g/mol. The molecule has 10 aromatic rings. The molecule has 19 heteroatoms. The second-order valence-corrected chi connectivity index (χ2v) is 47.5. The summed E-state index contributed by atoms with van der Waals surface area (Å²) in [6.45, 7) is 22.7. The van der Waals surface area contributed by atoms with Crippen LogP contribution in [0.25, 0.3) is 10.4 Å². The van der Waals surface area contributed by atoms with Crippen molar-refractivity contribution in [2.24, 2.45) is 35.5 Å². The van der Waals surface area contributed by atoms with Gasteiger partial charge in [0.1, 0.15) is 11.5 Å². The fraction of sp³-hybridized carbons (Fsp3) is 0.500. The summed E-state index contributed by atoms with van der Waals surface area (Å²) in [7, 11) is 13.5. The molecule has 24 unspecified atom stereocenters. The molecule has 14 heterocycles. The number of aryl methyl sites for hydroxylation is 4. The predicted molar refractivity (Wildman–Crippen MR) is 587 cm³/mol. The average Bonchev–Trinajstić information content (AvgIpc) is 1.62. The largest absolute Gasteiger partial charge is 0.426 e. The maximum absolute atomic E-state index is 13.6. The van der Waals surface area contributed by atoms with Gasteiger partial charge in [0.05, 0.1) is 34.2 Å². The summed E-state index contributed by atoms with van der Waals surface area (Å²) in [4.78, 5) is 63.4. The molecule has 13 aliphatic heterocycles. The van der Waals surface area contributed by atoms with Gasteiger partial charge in [0.2, 0.25) is 5.91 Å². The van der Waals surface area contributed by atoms with Crippen LogP contribution in [0.4, 0.5) is 0 Å². The number of aromatic nitrogens is 1. The Balaban J connectivity index is 0.000000114. The van der Waals surface area contributed by atoms with Crippen LogP contribution in [0.5, 0.6) is 11.5 Å². The monoisotopic (exact) mass is 2020 g/mol. The molecule has 14 nitrogen and oxygen atoms in total. The van der Waals surface area contributed by atoms with Crippen molar-refractivity contribution in [2.75, 3.05) is 68.6 Å². The fourth-order valence-corrected chi connectivity index (χ4v) is 30.1. The Hall–Kier alpha value is -8.36. The van der Waals surface area contributed by atoms with Crippen LogP contribution >= 0.6 is 57.7 Å². The van der Waals surface area contributed by atoms with Crippen molar-refractivity contribution >= 4 is 75.6 Å². The van der Waals surface area contributed by atoms with E-state index in [1.807, 2.05) is 122 Å². The first-order valence-corrected chi connectivity index (χ1v) is 56.0. The number of benzene rings is 9. The number of likely N-dealkylation sites (N-methyl/N-ethyl adjacent to an activating group) is 1. The number of piperidine rings is 6. The zero-order valence-corrected chi connectivity index (χ0v) is 90.3. The van der Waals surface area contributed by atoms with Crippen LogP contribution in [0.1, 0.15) is 251 Å². The molecule has 9 aromatic carbocycles. The third-order valence-corrected chi connectivity index (χ3v) is 38.3. The first-order valence-electron chi connectivity index (χ1n) is 53.6. The first-order chi connectivity index (χ1) is 69.1. The number of hydrogen-bond donors (Lipinski definition) is 0. The van der Waals surface area contributed by atoms with E-state index in [4.69, 9.17) is 65.6 Å². The lowest BCUT2D eigenvalue weighted by Crippen LogP contribution is -2.53. The zero-order valence-electron chi connectivity index (χ0n) is 86.5. The molecule has 0 radical (unpaired) electrons. The predicted octanol–water partition coefficient (Wildman–Crippen LogP) is 27.7. The van der Waals surface area contributed by atoms with Crippen molar-refractivity contribution < 1.29 is 28.6 Å². The van der Waals surface area contributed by atoms with Gasteiger partial charge >= 0.3 is 11.9 Å². The molecule has 12 bridgehead atoms. The van der Waals surface area contributed by atoms with E-state index in [-0.39, 0.29) is 53.6 Å². The minimum Gasteiger partial charge on any atom is -0.426 e. The Morgan fingerprint density at radius 2 is 0.741 bits per heavy atom. The Morgan fingerprint density at radius 3 is 1.19 bits per heavy atom. The topological polar surface area (TPSA) is 114 Å². The maximum atomic E-state index is 13.6. The van der Waals surface area contributed by atoms with Gasteiger partial charge in [-0.1, -0.05) is 241 Å². The Morgan fingerprint density at radius 1 is 0.378 bits per heavy atom. The minimum atomic E-state index is -0.152. The number of amides is 1. The number of fused-ring (bicyclic) bond motifs is 12. The number of thiazole rings is 1. The normalized spacial score (nSPS) is 30.7. The molecule has 0 aliphatic carbocycles. The molecule has 0 N–H and O–H groups in total. The number of halogens is 4. The highest BCUT2D eigenvalue weighted by molar-refractivity contribution is 7.15. The van der Waals surface area contributed by atoms with Crippen molar-refractivity contribution in [1.82, 2.24) is 39.3 Å². The van der Waals surface area contributed by atoms with Crippen LogP contribution < -0.4 is 9.47 Å². The summed E-state index contributed by atoms with van der Waals surface area (Å²) < 4.78 is 17.3. The highest BCUT2D eigenvalue weighted by Crippen LogP contribution is 2.57. The molecule has 13 saturated heterocycles. The lowest BCUT2D eigenvalue weighted by atomic mass is 9.71. The van der Waals surface area contributed by atoms with Crippen molar-refractivity contribution in [3.05, 3.63) is 324 Å². The van der Waals surface area contributed by atoms with Crippen molar-refractivity contribution in [1.29, 1.82) is 0 Å². The van der Waals surface area contributed by atoms with E-state index in [1.165, 1.54) is 131 Å². The summed E-state index contributed by atoms with van der Waals surface area (Å²) in [5, 5.41) is 4.40. The number of hydrogen-bond acceptors (Lipinski definition) is 14. The fourth-order valence-electron chi connectivity index (χ4n) is 28.4. The number of ether oxygens (including phenoxy) is 3. The third-order valence-electron chi connectivity index (χ3n) is 36.1. The highest BCUT2D eigenvalue weighted by Gasteiger charge is 2.56. The van der Waals surface area contributed by atoms with E-state index >= 15 is 0 Å². The maximum Gasteiger partial charge on any atom is 0.316 e. The van der Waals surface area contributed by atoms with Gasteiger partial charge in [0, 0.05) is 142 Å². The molecular formula is C124H152Cl4N8O6S. The van der Waals surface area contributed by atoms with Gasteiger partial charge in [-0.2, -0.15) is 0 Å². The zero-order chi connectivity index (χ0) is 100. The van der Waals surface area contributed by atoms with Crippen LogP contribution in [0, 0.1) is 63.2 Å². The quantitative estimate of drug-likeness (QED) is 0.0552. The number of nitrogens with zero attached hydrogens (tertiary/aromatic N) is 8. The molecule has 143 heavy (non-hydrogen) atoms. The van der Waals surface area contributed by atoms with Crippen LogP contribution in [-0.4, -0.2) is 198 Å². The Kier molecular flexibility index (Phi) is 34.4. The first kappa shape index (κ1) is 105. The Labute approximate surface area is 877 Å². The number of carbonyl (C=O) groups excluding carboxylic acids is 3. The smallest absolute Gasteiger partial charge is 0.316 e. The van der Waals surface area contributed by atoms with Gasteiger partial charge < -0.3 is 24.0 Å². The standard InChI is InChI=1S/C23H23ClN2S.C23H27NO2.C22H24ClNO2.C21H29ClN2O2.C18H27N.C17H22ClN/c1-26-18-11-12-20(26)22(19(13-18)15-7-9-17(24)10-8-15)23-25-14-21(27-23)16-5-3-2-4-6-16;1-15-7-9-17(10-8-15)20-14-18-11-12-21(24(18)3)22(20)23(25)26-19-6-4-5-16(2)13-19;1-14-3-10-18(11-4-14)26-22(25)21-19(15-5-7-16(23)8-6-15)13-17-9-12-20(21)24(17)2;1-23-17-8-9-19(23)20(18(14-17)15-4-6-16(22)7-5-15)21(25)24-10-2-3-12-26-13-11-24;1-12(2)18-16(14-7-5-13(3)6-8-14)11-15-9-10-17(18)19(15)4;1-11(2)17-15(12-4-6-13(18)7-5-12)10-14-8-9-16(17)19(14)3/h2-10,14,18-20,22H,11-13H2,1H3;4-10,13,18,20-22H,11-12,14H2,1-3H3;3-8,10-11,17,19-21H,9,12-13H2,1-2H3;4-7,17-20H,2-3,8-14H2,1H3;5-8,12,15-18H,9-11H2,1-4H3;4-7,14-17H,1,8-10H2,2-3H3. The van der Waals surface area contributed by atoms with Gasteiger partial charge in [0.25, 0.3) is 0 Å². The second kappa shape index (κ2) is 47.0. The van der Waals surface area contributed by atoms with E-state index in [9.17, 15) is 14.4 Å². The second-order valence-electron chi connectivity index (χ2n) is 44.7. The summed E-state index contributed by atoms with van der Waals surface area (Å²) in [5.41, 5.74) is 15.6. The number of carbonyl (C=O) groups is 3. The third kappa shape index (κ3) is 23.7. The molecule has 13 aliphatic rings. The molecule has 13 fully saturated rings. The van der Waals surface area contributed by atoms with E-state index in [0.29, 0.717) is 95.9 Å². The van der Waals surface area contributed by atoms with Crippen LogP contribution in [0.2, 0.25) is 20.1 Å². The molecule has 1 amide bonds. The van der Waals surface area contributed by atoms with Crippen LogP contribution in [0.3, 0.4) is 0 Å². The molecule has 0 saturated carbocycles. The van der Waals surface area contributed by atoms with Crippen LogP contribution in [0.15, 0.2) is 243 Å². The van der Waals surface area contributed by atoms with Gasteiger partial charge in [-0.15, -0.1) is 11.3 Å². The Bertz CT molecular complexity index is 5890. The van der Waals surface area contributed by atoms with Crippen LogP contribution in [-0.2, 0) is 19.1 Å². The molecule has 1 aromatic heterocycles. The van der Waals surface area contributed by atoms with Gasteiger partial charge in [0.15, 0.2) is 0 Å². The summed E-state index contributed by atoms with van der Waals surface area (Å²) in [5.74, 6) is 6.44.